The van der Waals surface area contributed by atoms with Gasteiger partial charge in [-0.1, -0.05) is 19.1 Å². The average molecular weight is 387 g/mol. The SMILES string of the molecule is CC1CN(C(=O)Cc2cccc(I)c2)CCC1C(=O)O. The van der Waals surface area contributed by atoms with E-state index in [9.17, 15) is 9.59 Å². The largest absolute Gasteiger partial charge is 0.481 e. The molecule has 1 aliphatic heterocycles. The number of halogens is 1. The van der Waals surface area contributed by atoms with Crippen molar-refractivity contribution in [2.45, 2.75) is 19.8 Å². The van der Waals surface area contributed by atoms with Gasteiger partial charge in [0.15, 0.2) is 0 Å². The molecule has 20 heavy (non-hydrogen) atoms. The zero-order valence-electron chi connectivity index (χ0n) is 11.4. The van der Waals surface area contributed by atoms with Gasteiger partial charge in [0.1, 0.15) is 0 Å². The summed E-state index contributed by atoms with van der Waals surface area (Å²) in [5.41, 5.74) is 1.01. The van der Waals surface area contributed by atoms with E-state index >= 15 is 0 Å². The maximum atomic E-state index is 12.3. The van der Waals surface area contributed by atoms with E-state index in [1.807, 2.05) is 31.2 Å². The summed E-state index contributed by atoms with van der Waals surface area (Å²) in [6, 6.07) is 7.90. The van der Waals surface area contributed by atoms with E-state index in [-0.39, 0.29) is 17.7 Å². The van der Waals surface area contributed by atoms with E-state index < -0.39 is 5.97 Å². The molecule has 108 valence electrons. The van der Waals surface area contributed by atoms with Gasteiger partial charge in [-0.3, -0.25) is 9.59 Å². The fourth-order valence-electron chi connectivity index (χ4n) is 2.67. The molecule has 4 nitrogen and oxygen atoms in total. The van der Waals surface area contributed by atoms with Crippen molar-refractivity contribution < 1.29 is 14.7 Å². The van der Waals surface area contributed by atoms with Gasteiger partial charge >= 0.3 is 5.97 Å². The lowest BCUT2D eigenvalue weighted by molar-refractivity contribution is -0.148. The van der Waals surface area contributed by atoms with Crippen LogP contribution in [0.25, 0.3) is 0 Å². The van der Waals surface area contributed by atoms with Crippen molar-refractivity contribution in [2.75, 3.05) is 13.1 Å². The molecule has 1 aromatic carbocycles. The number of aliphatic carboxylic acids is 1. The minimum absolute atomic E-state index is 0.0149. The highest BCUT2D eigenvalue weighted by Crippen LogP contribution is 2.24. The molecule has 2 atom stereocenters. The Hall–Kier alpha value is -1.11. The van der Waals surface area contributed by atoms with Gasteiger partial charge < -0.3 is 10.0 Å². The first-order valence-corrected chi connectivity index (χ1v) is 7.80. The third-order valence-electron chi connectivity index (χ3n) is 3.82. The van der Waals surface area contributed by atoms with Crippen molar-refractivity contribution in [3.8, 4) is 0 Å². The summed E-state index contributed by atoms with van der Waals surface area (Å²) in [6.07, 6.45) is 0.940. The zero-order chi connectivity index (χ0) is 14.7. The van der Waals surface area contributed by atoms with Gasteiger partial charge in [-0.05, 0) is 52.6 Å². The number of carboxylic acid groups (broad SMARTS) is 1. The van der Waals surface area contributed by atoms with Crippen LogP contribution in [0, 0.1) is 15.4 Å². The lowest BCUT2D eigenvalue weighted by Crippen LogP contribution is -2.45. The second kappa shape index (κ2) is 6.56. The van der Waals surface area contributed by atoms with Crippen LogP contribution in [0.15, 0.2) is 24.3 Å². The second-order valence-electron chi connectivity index (χ2n) is 5.36. The number of nitrogens with zero attached hydrogens (tertiary/aromatic N) is 1. The highest BCUT2D eigenvalue weighted by atomic mass is 127. The average Bonchev–Trinajstić information content (AvgIpc) is 2.38. The number of hydrogen-bond donors (Lipinski definition) is 1. The maximum absolute atomic E-state index is 12.3. The molecule has 1 aliphatic rings. The molecule has 0 radical (unpaired) electrons. The van der Waals surface area contributed by atoms with Crippen LogP contribution in [0.3, 0.4) is 0 Å². The summed E-state index contributed by atoms with van der Waals surface area (Å²) >= 11 is 2.23. The Morgan fingerprint density at radius 3 is 2.80 bits per heavy atom. The van der Waals surface area contributed by atoms with E-state index in [2.05, 4.69) is 22.6 Å². The minimum Gasteiger partial charge on any atom is -0.481 e. The van der Waals surface area contributed by atoms with Crippen LogP contribution in [-0.4, -0.2) is 35.0 Å². The van der Waals surface area contributed by atoms with E-state index in [1.165, 1.54) is 0 Å². The number of carbonyl (C=O) groups is 2. The Labute approximate surface area is 132 Å². The van der Waals surface area contributed by atoms with Crippen molar-refractivity contribution in [1.29, 1.82) is 0 Å². The van der Waals surface area contributed by atoms with Crippen LogP contribution in [-0.2, 0) is 16.0 Å². The van der Waals surface area contributed by atoms with Gasteiger partial charge in [-0.15, -0.1) is 0 Å². The first kappa shape index (κ1) is 15.3. The van der Waals surface area contributed by atoms with Crippen molar-refractivity contribution in [3.63, 3.8) is 0 Å². The van der Waals surface area contributed by atoms with Crippen LogP contribution in [0.4, 0.5) is 0 Å². The normalized spacial score (nSPS) is 22.6. The lowest BCUT2D eigenvalue weighted by atomic mass is 9.87. The standard InChI is InChI=1S/C15H18INO3/c1-10-9-17(6-5-13(10)15(19)20)14(18)8-11-3-2-4-12(16)7-11/h2-4,7,10,13H,5-6,8-9H2,1H3,(H,19,20). The second-order valence-corrected chi connectivity index (χ2v) is 6.60. The summed E-state index contributed by atoms with van der Waals surface area (Å²) in [7, 11) is 0. The Kier molecular flexibility index (Phi) is 5.01. The van der Waals surface area contributed by atoms with Crippen LogP contribution in [0.2, 0.25) is 0 Å². The zero-order valence-corrected chi connectivity index (χ0v) is 13.5. The monoisotopic (exact) mass is 387 g/mol. The van der Waals surface area contributed by atoms with Gasteiger partial charge in [0.25, 0.3) is 0 Å². The van der Waals surface area contributed by atoms with Gasteiger partial charge in [-0.2, -0.15) is 0 Å². The molecule has 2 unspecified atom stereocenters. The molecule has 0 aromatic heterocycles. The van der Waals surface area contributed by atoms with E-state index in [0.29, 0.717) is 25.9 Å². The highest BCUT2D eigenvalue weighted by molar-refractivity contribution is 14.1. The van der Waals surface area contributed by atoms with Gasteiger partial charge in [0, 0.05) is 16.7 Å². The smallest absolute Gasteiger partial charge is 0.306 e. The fourth-order valence-corrected chi connectivity index (χ4v) is 3.28. The minimum atomic E-state index is -0.748. The quantitative estimate of drug-likeness (QED) is 0.811. The summed E-state index contributed by atoms with van der Waals surface area (Å²) in [5, 5.41) is 9.09. The van der Waals surface area contributed by atoms with Gasteiger partial charge in [0.2, 0.25) is 5.91 Å². The number of hydrogen-bond acceptors (Lipinski definition) is 2. The van der Waals surface area contributed by atoms with Crippen LogP contribution in [0.1, 0.15) is 18.9 Å². The Bertz CT molecular complexity index is 518. The predicted molar refractivity (Wildman–Crippen MR) is 84.3 cm³/mol. The van der Waals surface area contributed by atoms with Crippen molar-refractivity contribution in [3.05, 3.63) is 33.4 Å². The number of likely N-dealkylation sites (tertiary alicyclic amines) is 1. The van der Waals surface area contributed by atoms with E-state index in [0.717, 1.165) is 9.13 Å². The Morgan fingerprint density at radius 2 is 2.20 bits per heavy atom. The number of carbonyl (C=O) groups excluding carboxylic acids is 1. The molecule has 1 aromatic rings. The summed E-state index contributed by atoms with van der Waals surface area (Å²) in [6.45, 7) is 2.99. The molecule has 0 bridgehead atoms. The molecule has 0 aliphatic carbocycles. The molecular formula is C15H18INO3. The van der Waals surface area contributed by atoms with Crippen molar-refractivity contribution in [1.82, 2.24) is 4.90 Å². The predicted octanol–water partition coefficient (Wildman–Crippen LogP) is 2.40. The topological polar surface area (TPSA) is 57.6 Å². The Morgan fingerprint density at radius 1 is 1.45 bits per heavy atom. The molecule has 1 amide bonds. The molecule has 0 spiro atoms. The maximum Gasteiger partial charge on any atom is 0.306 e. The summed E-state index contributed by atoms with van der Waals surface area (Å²) < 4.78 is 1.12. The third-order valence-corrected chi connectivity index (χ3v) is 4.49. The molecule has 0 saturated carbocycles. The van der Waals surface area contributed by atoms with Gasteiger partial charge in [0.05, 0.1) is 12.3 Å². The van der Waals surface area contributed by atoms with Crippen LogP contribution in [0.5, 0.6) is 0 Å². The summed E-state index contributed by atoms with van der Waals surface area (Å²) in [4.78, 5) is 25.1. The number of benzene rings is 1. The molecule has 1 saturated heterocycles. The number of carboxylic acids is 1. The molecule has 1 N–H and O–H groups in total. The molecule has 1 heterocycles. The molecular weight excluding hydrogens is 369 g/mol. The molecule has 2 rings (SSSR count). The van der Waals surface area contributed by atoms with Crippen LogP contribution < -0.4 is 0 Å². The molecule has 5 heteroatoms. The van der Waals surface area contributed by atoms with Crippen LogP contribution >= 0.6 is 22.6 Å². The summed E-state index contributed by atoms with van der Waals surface area (Å²) in [5.74, 6) is -0.970. The third kappa shape index (κ3) is 3.71. The first-order chi connectivity index (χ1) is 9.47. The lowest BCUT2D eigenvalue weighted by Gasteiger charge is -2.35. The molecule has 1 fully saturated rings. The number of piperidine rings is 1. The number of amides is 1. The Balaban J connectivity index is 1.96. The highest BCUT2D eigenvalue weighted by Gasteiger charge is 2.32. The number of rotatable bonds is 3. The van der Waals surface area contributed by atoms with E-state index in [1.54, 1.807) is 4.90 Å². The first-order valence-electron chi connectivity index (χ1n) is 6.72. The van der Waals surface area contributed by atoms with Gasteiger partial charge in [-0.25, -0.2) is 0 Å². The van der Waals surface area contributed by atoms with Crippen molar-refractivity contribution >= 4 is 34.5 Å². The fraction of sp³-hybridized carbons (Fsp3) is 0.467. The van der Waals surface area contributed by atoms with Crippen molar-refractivity contribution in [2.24, 2.45) is 11.8 Å². The van der Waals surface area contributed by atoms with E-state index in [4.69, 9.17) is 5.11 Å².